The van der Waals surface area contributed by atoms with E-state index in [4.69, 9.17) is 16.3 Å². The Bertz CT molecular complexity index is 728. The summed E-state index contributed by atoms with van der Waals surface area (Å²) in [5.74, 6) is -0.578. The summed E-state index contributed by atoms with van der Waals surface area (Å²) in [4.78, 5) is 27.4. The summed E-state index contributed by atoms with van der Waals surface area (Å²) < 4.78 is 4.90. The number of thiophene rings is 1. The fourth-order valence-electron chi connectivity index (χ4n) is 2.64. The summed E-state index contributed by atoms with van der Waals surface area (Å²) >= 11 is 7.79. The molecule has 1 aromatic heterocycles. The van der Waals surface area contributed by atoms with Crippen LogP contribution in [0.5, 0.6) is 0 Å². The lowest BCUT2D eigenvalue weighted by Gasteiger charge is -2.33. The van der Waals surface area contributed by atoms with Crippen molar-refractivity contribution in [2.45, 2.75) is 19.0 Å². The molecule has 1 amide bonds. The molecule has 0 unspecified atom stereocenters. The normalized spacial score (nSPS) is 15.4. The highest BCUT2D eigenvalue weighted by Crippen LogP contribution is 2.34. The summed E-state index contributed by atoms with van der Waals surface area (Å²) in [6, 6.07) is 8.20. The lowest BCUT2D eigenvalue weighted by Crippen LogP contribution is -2.42. The van der Waals surface area contributed by atoms with Gasteiger partial charge in [-0.3, -0.25) is 4.79 Å². The third-order valence-electron chi connectivity index (χ3n) is 3.75. The number of rotatable bonds is 3. The van der Waals surface area contributed by atoms with Crippen molar-refractivity contribution in [3.8, 4) is 0 Å². The molecule has 0 bridgehead atoms. The Balaban J connectivity index is 2.02. The number of esters is 1. The highest BCUT2D eigenvalue weighted by atomic mass is 35.5. The average Bonchev–Trinajstić information content (AvgIpc) is 2.96. The van der Waals surface area contributed by atoms with E-state index in [-0.39, 0.29) is 5.91 Å². The van der Waals surface area contributed by atoms with Crippen molar-refractivity contribution in [2.24, 2.45) is 0 Å². The van der Waals surface area contributed by atoms with E-state index in [9.17, 15) is 9.59 Å². The van der Waals surface area contributed by atoms with Crippen LogP contribution in [0.1, 0.15) is 22.0 Å². The first-order valence-corrected chi connectivity index (χ1v) is 8.04. The SMILES string of the molecule is COC(=O)[C@H](c1ccccc1Cl)N1Cc2ccsc2CC1=O. The number of benzene rings is 1. The topological polar surface area (TPSA) is 46.6 Å². The molecule has 0 saturated carbocycles. The number of halogens is 1. The van der Waals surface area contributed by atoms with E-state index in [1.807, 2.05) is 11.4 Å². The molecule has 22 heavy (non-hydrogen) atoms. The molecule has 0 radical (unpaired) electrons. The summed E-state index contributed by atoms with van der Waals surface area (Å²) in [5, 5.41) is 2.41. The molecule has 114 valence electrons. The van der Waals surface area contributed by atoms with Gasteiger partial charge in [-0.25, -0.2) is 4.79 Å². The maximum Gasteiger partial charge on any atom is 0.333 e. The van der Waals surface area contributed by atoms with Crippen molar-refractivity contribution in [3.05, 3.63) is 56.7 Å². The smallest absolute Gasteiger partial charge is 0.333 e. The van der Waals surface area contributed by atoms with Gasteiger partial charge in [-0.05, 0) is 23.1 Å². The van der Waals surface area contributed by atoms with Gasteiger partial charge in [-0.1, -0.05) is 29.8 Å². The largest absolute Gasteiger partial charge is 0.467 e. The van der Waals surface area contributed by atoms with Crippen molar-refractivity contribution in [3.63, 3.8) is 0 Å². The zero-order valence-electron chi connectivity index (χ0n) is 11.9. The fraction of sp³-hybridized carbons (Fsp3) is 0.250. The van der Waals surface area contributed by atoms with Crippen molar-refractivity contribution >= 4 is 34.8 Å². The summed E-state index contributed by atoms with van der Waals surface area (Å²) in [6.45, 7) is 0.392. The first kappa shape index (κ1) is 15.1. The van der Waals surface area contributed by atoms with E-state index in [0.29, 0.717) is 23.6 Å². The van der Waals surface area contributed by atoms with Gasteiger partial charge in [-0.15, -0.1) is 11.3 Å². The van der Waals surface area contributed by atoms with Gasteiger partial charge in [0.2, 0.25) is 5.91 Å². The van der Waals surface area contributed by atoms with Crippen LogP contribution in [0.25, 0.3) is 0 Å². The van der Waals surface area contributed by atoms with Gasteiger partial charge < -0.3 is 9.64 Å². The zero-order chi connectivity index (χ0) is 15.7. The maximum absolute atomic E-state index is 12.5. The van der Waals surface area contributed by atoms with Gasteiger partial charge in [0, 0.05) is 22.0 Å². The predicted molar refractivity (Wildman–Crippen MR) is 84.8 cm³/mol. The maximum atomic E-state index is 12.5. The van der Waals surface area contributed by atoms with Crippen LogP contribution < -0.4 is 0 Å². The zero-order valence-corrected chi connectivity index (χ0v) is 13.5. The Kier molecular flexibility index (Phi) is 4.18. The fourth-order valence-corrected chi connectivity index (χ4v) is 3.77. The third-order valence-corrected chi connectivity index (χ3v) is 5.05. The number of amides is 1. The van der Waals surface area contributed by atoms with E-state index in [1.165, 1.54) is 7.11 Å². The van der Waals surface area contributed by atoms with Crippen LogP contribution >= 0.6 is 22.9 Å². The van der Waals surface area contributed by atoms with Gasteiger partial charge in [0.25, 0.3) is 0 Å². The van der Waals surface area contributed by atoms with Crippen LogP contribution in [0, 0.1) is 0 Å². The van der Waals surface area contributed by atoms with E-state index in [2.05, 4.69) is 0 Å². The molecule has 6 heteroatoms. The van der Waals surface area contributed by atoms with Crippen LogP contribution in [-0.2, 0) is 27.3 Å². The number of hydrogen-bond donors (Lipinski definition) is 0. The van der Waals surface area contributed by atoms with Crippen LogP contribution in [0.4, 0.5) is 0 Å². The monoisotopic (exact) mass is 335 g/mol. The third kappa shape index (κ3) is 2.62. The Morgan fingerprint density at radius 1 is 1.36 bits per heavy atom. The van der Waals surface area contributed by atoms with Crippen LogP contribution in [-0.4, -0.2) is 23.9 Å². The number of carbonyl (C=O) groups is 2. The lowest BCUT2D eigenvalue weighted by molar-refractivity contribution is -0.154. The van der Waals surface area contributed by atoms with Crippen molar-refractivity contribution < 1.29 is 14.3 Å². The minimum atomic E-state index is -0.820. The summed E-state index contributed by atoms with van der Waals surface area (Å²) in [5.41, 5.74) is 1.66. The molecule has 1 aromatic carbocycles. The van der Waals surface area contributed by atoms with Gasteiger partial charge in [0.1, 0.15) is 0 Å². The number of methoxy groups -OCH3 is 1. The Hall–Kier alpha value is -1.85. The van der Waals surface area contributed by atoms with E-state index < -0.39 is 12.0 Å². The molecule has 2 aromatic rings. The number of fused-ring (bicyclic) bond motifs is 1. The van der Waals surface area contributed by atoms with Gasteiger partial charge >= 0.3 is 5.97 Å². The second-order valence-corrected chi connectivity index (χ2v) is 6.42. The molecule has 3 rings (SSSR count). The molecule has 1 aliphatic rings. The molecule has 0 fully saturated rings. The molecule has 1 atom stereocenters. The quantitative estimate of drug-likeness (QED) is 0.809. The van der Waals surface area contributed by atoms with Crippen molar-refractivity contribution in [1.82, 2.24) is 4.90 Å². The molecule has 0 N–H and O–H groups in total. The minimum Gasteiger partial charge on any atom is -0.467 e. The molecule has 0 aliphatic carbocycles. The van der Waals surface area contributed by atoms with E-state index in [0.717, 1.165) is 10.4 Å². The highest BCUT2D eigenvalue weighted by Gasteiger charge is 2.36. The van der Waals surface area contributed by atoms with E-state index >= 15 is 0 Å². The molecule has 0 spiro atoms. The lowest BCUT2D eigenvalue weighted by atomic mass is 10.0. The van der Waals surface area contributed by atoms with Crippen molar-refractivity contribution in [2.75, 3.05) is 7.11 Å². The Morgan fingerprint density at radius 2 is 2.14 bits per heavy atom. The standard InChI is InChI=1S/C16H14ClNO3S/c1-21-16(20)15(11-4-2-3-5-12(11)17)18-9-10-6-7-22-13(10)8-14(18)19/h2-7,15H,8-9H2,1H3/t15-/m0/s1. The Morgan fingerprint density at radius 3 is 2.86 bits per heavy atom. The molecule has 2 heterocycles. The predicted octanol–water partition coefficient (Wildman–Crippen LogP) is 3.20. The number of hydrogen-bond acceptors (Lipinski definition) is 4. The molecule has 4 nitrogen and oxygen atoms in total. The Labute approximate surface area is 137 Å². The molecular formula is C16H14ClNO3S. The molecule has 0 saturated heterocycles. The minimum absolute atomic E-state index is 0.0923. The number of carbonyl (C=O) groups excluding carboxylic acids is 2. The highest BCUT2D eigenvalue weighted by molar-refractivity contribution is 7.10. The van der Waals surface area contributed by atoms with Crippen LogP contribution in [0.2, 0.25) is 5.02 Å². The molecule has 1 aliphatic heterocycles. The second kappa shape index (κ2) is 6.10. The van der Waals surface area contributed by atoms with Crippen LogP contribution in [0.15, 0.2) is 35.7 Å². The van der Waals surface area contributed by atoms with Crippen molar-refractivity contribution in [1.29, 1.82) is 0 Å². The van der Waals surface area contributed by atoms with Gasteiger partial charge in [-0.2, -0.15) is 0 Å². The first-order chi connectivity index (χ1) is 10.6. The van der Waals surface area contributed by atoms with E-state index in [1.54, 1.807) is 40.5 Å². The van der Waals surface area contributed by atoms with Crippen LogP contribution in [0.3, 0.4) is 0 Å². The molecular weight excluding hydrogens is 322 g/mol. The number of ether oxygens (including phenoxy) is 1. The number of nitrogens with zero attached hydrogens (tertiary/aromatic N) is 1. The van der Waals surface area contributed by atoms with Gasteiger partial charge in [0.15, 0.2) is 6.04 Å². The second-order valence-electron chi connectivity index (χ2n) is 5.01. The van der Waals surface area contributed by atoms with Gasteiger partial charge in [0.05, 0.1) is 13.5 Å². The first-order valence-electron chi connectivity index (χ1n) is 6.78. The summed E-state index contributed by atoms with van der Waals surface area (Å²) in [6.07, 6.45) is 0.310. The average molecular weight is 336 g/mol. The summed E-state index contributed by atoms with van der Waals surface area (Å²) in [7, 11) is 1.32.